The number of halogens is 1. The van der Waals surface area contributed by atoms with Crippen LogP contribution in [0.1, 0.15) is 23.1 Å². The highest BCUT2D eigenvalue weighted by atomic mass is 35.5. The summed E-state index contributed by atoms with van der Waals surface area (Å²) in [4.78, 5) is 11.8. The molecule has 2 rings (SSSR count). The van der Waals surface area contributed by atoms with E-state index in [4.69, 9.17) is 5.11 Å². The summed E-state index contributed by atoms with van der Waals surface area (Å²) < 4.78 is 0. The maximum atomic E-state index is 10.7. The maximum absolute atomic E-state index is 10.7. The van der Waals surface area contributed by atoms with E-state index in [1.165, 1.54) is 17.2 Å². The number of rotatable bonds is 7. The van der Waals surface area contributed by atoms with Gasteiger partial charge in [-0.2, -0.15) is 0 Å². The topological polar surface area (TPSA) is 37.3 Å². The number of benzene rings is 2. The van der Waals surface area contributed by atoms with Crippen molar-refractivity contribution < 1.29 is 9.90 Å². The Morgan fingerprint density at radius 2 is 1.78 bits per heavy atom. The van der Waals surface area contributed by atoms with Gasteiger partial charge in [0.15, 0.2) is 0 Å². The monoisotopic (exact) mass is 348 g/mol. The van der Waals surface area contributed by atoms with Crippen molar-refractivity contribution in [1.29, 1.82) is 0 Å². The van der Waals surface area contributed by atoms with Crippen LogP contribution in [0.5, 0.6) is 0 Å². The Balaban J connectivity index is 0.00000264. The summed E-state index contributed by atoms with van der Waals surface area (Å²) in [5.74, 6) is -0.915. The summed E-state index contributed by atoms with van der Waals surface area (Å²) >= 11 is 1.63. The minimum atomic E-state index is -0.915. The fraction of sp³-hybridized carbons (Fsp3) is 0.211. The molecular weight excluding hydrogens is 328 g/mol. The third-order valence-electron chi connectivity index (χ3n) is 3.47. The first-order chi connectivity index (χ1) is 10.7. The van der Waals surface area contributed by atoms with Crippen LogP contribution in [0.25, 0.3) is 6.08 Å². The Bertz CT molecular complexity index is 654. The second-order valence-corrected chi connectivity index (χ2v) is 5.94. The molecule has 2 nitrogen and oxygen atoms in total. The molecule has 0 radical (unpaired) electrons. The lowest BCUT2D eigenvalue weighted by molar-refractivity contribution is -0.131. The smallest absolute Gasteiger partial charge is 0.328 e. The zero-order chi connectivity index (χ0) is 15.8. The van der Waals surface area contributed by atoms with Gasteiger partial charge in [-0.05, 0) is 54.4 Å². The van der Waals surface area contributed by atoms with Crippen LogP contribution in [-0.2, 0) is 17.6 Å². The number of thioether (sulfide) groups is 1. The Morgan fingerprint density at radius 3 is 2.43 bits per heavy atom. The Kier molecular flexibility index (Phi) is 8.52. The van der Waals surface area contributed by atoms with Crippen LogP contribution in [-0.4, -0.2) is 17.3 Å². The molecule has 0 bridgehead atoms. The van der Waals surface area contributed by atoms with Crippen LogP contribution in [0.2, 0.25) is 0 Å². The molecule has 1 N–H and O–H groups in total. The predicted molar refractivity (Wildman–Crippen MR) is 101 cm³/mol. The van der Waals surface area contributed by atoms with E-state index in [1.807, 2.05) is 12.3 Å². The first-order valence-corrected chi connectivity index (χ1v) is 8.53. The highest BCUT2D eigenvalue weighted by Gasteiger charge is 2.02. The average Bonchev–Trinajstić information content (AvgIpc) is 2.54. The van der Waals surface area contributed by atoms with Crippen molar-refractivity contribution in [3.8, 4) is 0 Å². The van der Waals surface area contributed by atoms with E-state index in [0.29, 0.717) is 0 Å². The quantitative estimate of drug-likeness (QED) is 0.558. The molecule has 0 atom stereocenters. The van der Waals surface area contributed by atoms with E-state index >= 15 is 0 Å². The zero-order valence-electron chi connectivity index (χ0n) is 13.1. The molecular formula is C19H21ClO2S. The lowest BCUT2D eigenvalue weighted by Gasteiger charge is -2.07. The number of aliphatic carboxylic acids is 1. The summed E-state index contributed by atoms with van der Waals surface area (Å²) in [7, 11) is 0. The second-order valence-electron chi connectivity index (χ2n) is 5.09. The largest absolute Gasteiger partial charge is 0.478 e. The van der Waals surface area contributed by atoms with Gasteiger partial charge in [0.2, 0.25) is 0 Å². The minimum absolute atomic E-state index is 0. The van der Waals surface area contributed by atoms with Crippen molar-refractivity contribution in [2.24, 2.45) is 0 Å². The Morgan fingerprint density at radius 1 is 1.09 bits per heavy atom. The number of carboxylic acid groups (broad SMARTS) is 1. The lowest BCUT2D eigenvalue weighted by atomic mass is 10.0. The highest BCUT2D eigenvalue weighted by molar-refractivity contribution is 7.98. The number of carboxylic acids is 1. The van der Waals surface area contributed by atoms with E-state index < -0.39 is 5.97 Å². The molecule has 0 aliphatic rings. The van der Waals surface area contributed by atoms with Gasteiger partial charge in [-0.3, -0.25) is 0 Å². The van der Waals surface area contributed by atoms with Crippen molar-refractivity contribution >= 4 is 36.2 Å². The first kappa shape index (κ1) is 19.3. The number of carbonyl (C=O) groups is 1. The van der Waals surface area contributed by atoms with Gasteiger partial charge in [0.05, 0.1) is 0 Å². The summed E-state index contributed by atoms with van der Waals surface area (Å²) in [6.07, 6.45) is 8.02. The molecule has 122 valence electrons. The Labute approximate surface area is 148 Å². The molecule has 2 aromatic rings. The van der Waals surface area contributed by atoms with Gasteiger partial charge in [-0.15, -0.1) is 24.2 Å². The lowest BCUT2D eigenvalue weighted by Crippen LogP contribution is -1.92. The van der Waals surface area contributed by atoms with Crippen LogP contribution in [0.15, 0.2) is 59.5 Å². The fourth-order valence-corrected chi connectivity index (χ4v) is 2.94. The molecule has 0 aromatic heterocycles. The molecule has 0 fully saturated rings. The van der Waals surface area contributed by atoms with Crippen molar-refractivity contribution in [3.05, 3.63) is 71.3 Å². The number of hydrogen-bond acceptors (Lipinski definition) is 2. The molecule has 0 saturated carbocycles. The molecule has 0 saturated heterocycles. The average molecular weight is 349 g/mol. The van der Waals surface area contributed by atoms with E-state index in [2.05, 4.69) is 42.5 Å². The molecule has 0 heterocycles. The van der Waals surface area contributed by atoms with Crippen molar-refractivity contribution in [2.75, 3.05) is 6.26 Å². The molecule has 0 amide bonds. The van der Waals surface area contributed by atoms with Gasteiger partial charge >= 0.3 is 5.97 Å². The minimum Gasteiger partial charge on any atom is -0.478 e. The molecule has 0 spiro atoms. The zero-order valence-corrected chi connectivity index (χ0v) is 14.7. The summed E-state index contributed by atoms with van der Waals surface area (Å²) in [6, 6.07) is 16.8. The second kappa shape index (κ2) is 10.1. The van der Waals surface area contributed by atoms with E-state index in [0.717, 1.165) is 29.7 Å². The Hall–Kier alpha value is -1.71. The van der Waals surface area contributed by atoms with Crippen LogP contribution < -0.4 is 0 Å². The third kappa shape index (κ3) is 6.51. The number of hydrogen-bond donors (Lipinski definition) is 1. The highest BCUT2D eigenvalue weighted by Crippen LogP contribution is 2.23. The predicted octanol–water partition coefficient (Wildman–Crippen LogP) is 5.10. The third-order valence-corrected chi connectivity index (χ3v) is 4.28. The summed E-state index contributed by atoms with van der Waals surface area (Å²) in [6.45, 7) is 0. The number of aryl methyl sites for hydroxylation is 2. The van der Waals surface area contributed by atoms with Gasteiger partial charge in [0.1, 0.15) is 0 Å². The molecule has 0 unspecified atom stereocenters. The van der Waals surface area contributed by atoms with Gasteiger partial charge in [-0.1, -0.05) is 42.5 Å². The standard InChI is InChI=1S/C19H20O2S.ClH/c1-22-18-12-10-16(14-17(18)11-13-19(20)21)9-5-8-15-6-3-2-4-7-15;/h2-4,6-7,10-14H,5,8-9H2,1H3,(H,20,21);1H. The molecule has 0 aliphatic carbocycles. The van der Waals surface area contributed by atoms with E-state index in [1.54, 1.807) is 17.8 Å². The van der Waals surface area contributed by atoms with E-state index in [9.17, 15) is 4.79 Å². The van der Waals surface area contributed by atoms with Gasteiger partial charge in [0.25, 0.3) is 0 Å². The van der Waals surface area contributed by atoms with Crippen LogP contribution >= 0.6 is 24.2 Å². The van der Waals surface area contributed by atoms with Crippen LogP contribution in [0.3, 0.4) is 0 Å². The summed E-state index contributed by atoms with van der Waals surface area (Å²) in [5.41, 5.74) is 3.58. The van der Waals surface area contributed by atoms with Crippen molar-refractivity contribution in [2.45, 2.75) is 24.2 Å². The van der Waals surface area contributed by atoms with Crippen molar-refractivity contribution in [3.63, 3.8) is 0 Å². The SMILES string of the molecule is CSc1ccc(CCCc2ccccc2)cc1C=CC(=O)O.Cl. The van der Waals surface area contributed by atoms with Crippen molar-refractivity contribution in [1.82, 2.24) is 0 Å². The van der Waals surface area contributed by atoms with Gasteiger partial charge < -0.3 is 5.11 Å². The molecule has 23 heavy (non-hydrogen) atoms. The first-order valence-electron chi connectivity index (χ1n) is 7.31. The van der Waals surface area contributed by atoms with Gasteiger partial charge in [0, 0.05) is 11.0 Å². The van der Waals surface area contributed by atoms with Crippen LogP contribution in [0, 0.1) is 0 Å². The van der Waals surface area contributed by atoms with Gasteiger partial charge in [-0.25, -0.2) is 4.79 Å². The molecule has 2 aromatic carbocycles. The van der Waals surface area contributed by atoms with Crippen LogP contribution in [0.4, 0.5) is 0 Å². The molecule has 4 heteroatoms. The fourth-order valence-electron chi connectivity index (χ4n) is 2.37. The normalized spacial score (nSPS) is 10.5. The summed E-state index contributed by atoms with van der Waals surface area (Å²) in [5, 5.41) is 8.78. The maximum Gasteiger partial charge on any atom is 0.328 e. The van der Waals surface area contributed by atoms with E-state index in [-0.39, 0.29) is 12.4 Å². The molecule has 0 aliphatic heterocycles.